The lowest BCUT2D eigenvalue weighted by atomic mass is 10.1. The molecule has 0 saturated carbocycles. The van der Waals surface area contributed by atoms with Gasteiger partial charge in [-0.1, -0.05) is 0 Å². The monoisotopic (exact) mass is 528 g/mol. The van der Waals surface area contributed by atoms with Crippen molar-refractivity contribution in [3.05, 3.63) is 96.1 Å². The molecular weight excluding hydrogens is 499 g/mol. The molecule has 39 heavy (non-hydrogen) atoms. The number of hydrogen-bond acceptors (Lipinski definition) is 6. The van der Waals surface area contributed by atoms with Gasteiger partial charge in [-0.3, -0.25) is 14.3 Å². The van der Waals surface area contributed by atoms with Gasteiger partial charge in [0.1, 0.15) is 11.5 Å². The van der Waals surface area contributed by atoms with E-state index in [9.17, 15) is 19.1 Å². The average molecular weight is 529 g/mol. The van der Waals surface area contributed by atoms with Crippen LogP contribution >= 0.6 is 0 Å². The standard InChI is InChI=1S/C29H29FN6O3/c1-35-27(12-15-31-35)29(39)34-22-8-11-26(25(30)18-22)32-20-4-6-21(7-5-20)33-28(38)19-2-9-23(10-3-19)36-16-13-24(37)14-17-36/h2-12,15,18,24,32,37H,13-14,16-17H2,1H3,(H,33,38)(H,34,39). The highest BCUT2D eigenvalue weighted by atomic mass is 19.1. The normalized spacial score (nSPS) is 13.7. The van der Waals surface area contributed by atoms with Crippen LogP contribution < -0.4 is 20.9 Å². The van der Waals surface area contributed by atoms with Crippen LogP contribution in [0.1, 0.15) is 33.7 Å². The second-order valence-electron chi connectivity index (χ2n) is 9.41. The predicted octanol–water partition coefficient (Wildman–Crippen LogP) is 4.77. The highest BCUT2D eigenvalue weighted by Crippen LogP contribution is 2.25. The first-order chi connectivity index (χ1) is 18.9. The number of rotatable bonds is 7. The average Bonchev–Trinajstić information content (AvgIpc) is 3.38. The summed E-state index contributed by atoms with van der Waals surface area (Å²) >= 11 is 0. The first-order valence-electron chi connectivity index (χ1n) is 12.7. The molecule has 1 aromatic heterocycles. The number of piperidine rings is 1. The molecule has 4 N–H and O–H groups in total. The molecule has 0 bridgehead atoms. The van der Waals surface area contributed by atoms with Gasteiger partial charge in [0.15, 0.2) is 0 Å². The van der Waals surface area contributed by atoms with Gasteiger partial charge in [0, 0.05) is 54.6 Å². The summed E-state index contributed by atoms with van der Waals surface area (Å²) in [6.45, 7) is 1.59. The van der Waals surface area contributed by atoms with Gasteiger partial charge >= 0.3 is 0 Å². The van der Waals surface area contributed by atoms with Crippen molar-refractivity contribution in [2.45, 2.75) is 18.9 Å². The molecule has 0 atom stereocenters. The number of aliphatic hydroxyl groups excluding tert-OH is 1. The summed E-state index contributed by atoms with van der Waals surface area (Å²) in [4.78, 5) is 27.2. The van der Waals surface area contributed by atoms with Gasteiger partial charge in [-0.15, -0.1) is 0 Å². The molecule has 2 heterocycles. The second-order valence-corrected chi connectivity index (χ2v) is 9.41. The number of aromatic nitrogens is 2. The fourth-order valence-corrected chi connectivity index (χ4v) is 4.43. The molecule has 1 saturated heterocycles. The Morgan fingerprint density at radius 1 is 0.872 bits per heavy atom. The fourth-order valence-electron chi connectivity index (χ4n) is 4.43. The van der Waals surface area contributed by atoms with Gasteiger partial charge in [0.05, 0.1) is 11.8 Å². The number of aliphatic hydroxyl groups is 1. The number of anilines is 5. The molecule has 2 amide bonds. The van der Waals surface area contributed by atoms with Crippen LogP contribution in [0.25, 0.3) is 0 Å². The van der Waals surface area contributed by atoms with E-state index in [1.807, 2.05) is 12.1 Å². The van der Waals surface area contributed by atoms with E-state index in [1.54, 1.807) is 61.6 Å². The first kappa shape index (κ1) is 25.9. The molecule has 1 aliphatic heterocycles. The molecule has 5 rings (SSSR count). The van der Waals surface area contributed by atoms with Gasteiger partial charge < -0.3 is 26.0 Å². The minimum Gasteiger partial charge on any atom is -0.393 e. The molecular formula is C29H29FN6O3. The van der Waals surface area contributed by atoms with Crippen LogP contribution in [-0.2, 0) is 7.05 Å². The highest BCUT2D eigenvalue weighted by molar-refractivity contribution is 6.04. The molecule has 3 aromatic carbocycles. The Morgan fingerprint density at radius 2 is 1.51 bits per heavy atom. The summed E-state index contributed by atoms with van der Waals surface area (Å²) in [6, 6.07) is 20.3. The Labute approximate surface area is 225 Å². The number of nitrogens with one attached hydrogen (secondary N) is 3. The SMILES string of the molecule is Cn1nccc1C(=O)Nc1ccc(Nc2ccc(NC(=O)c3ccc(N4CCC(O)CC4)cc3)cc2)c(F)c1. The molecule has 1 fully saturated rings. The molecule has 200 valence electrons. The minimum absolute atomic E-state index is 0.230. The van der Waals surface area contributed by atoms with Gasteiger partial charge in [0.2, 0.25) is 0 Å². The largest absolute Gasteiger partial charge is 0.393 e. The van der Waals surface area contributed by atoms with Crippen LogP contribution in [0.5, 0.6) is 0 Å². The maximum atomic E-state index is 14.7. The maximum Gasteiger partial charge on any atom is 0.273 e. The number of amides is 2. The molecule has 0 aliphatic carbocycles. The summed E-state index contributed by atoms with van der Waals surface area (Å²) in [5, 5.41) is 22.2. The van der Waals surface area contributed by atoms with Crippen molar-refractivity contribution < 1.29 is 19.1 Å². The van der Waals surface area contributed by atoms with Crippen molar-refractivity contribution >= 4 is 40.3 Å². The molecule has 0 spiro atoms. The van der Waals surface area contributed by atoms with Crippen LogP contribution in [0.15, 0.2) is 79.0 Å². The zero-order chi connectivity index (χ0) is 27.4. The van der Waals surface area contributed by atoms with Crippen LogP contribution in [0.2, 0.25) is 0 Å². The Kier molecular flexibility index (Phi) is 7.55. The number of hydrogen-bond donors (Lipinski definition) is 4. The zero-order valence-electron chi connectivity index (χ0n) is 21.4. The number of carbonyl (C=O) groups is 2. The van der Waals surface area contributed by atoms with Crippen LogP contribution in [0.3, 0.4) is 0 Å². The third kappa shape index (κ3) is 6.24. The predicted molar refractivity (Wildman–Crippen MR) is 149 cm³/mol. The van der Waals surface area contributed by atoms with Crippen molar-refractivity contribution in [1.82, 2.24) is 9.78 Å². The van der Waals surface area contributed by atoms with E-state index >= 15 is 0 Å². The lowest BCUT2D eigenvalue weighted by Crippen LogP contribution is -2.35. The third-order valence-corrected chi connectivity index (χ3v) is 6.66. The van der Waals surface area contributed by atoms with E-state index in [1.165, 1.54) is 16.9 Å². The van der Waals surface area contributed by atoms with Crippen LogP contribution in [0.4, 0.5) is 32.8 Å². The maximum absolute atomic E-state index is 14.7. The van der Waals surface area contributed by atoms with Gasteiger partial charge in [-0.25, -0.2) is 4.39 Å². The molecule has 0 radical (unpaired) electrons. The van der Waals surface area contributed by atoms with Crippen molar-refractivity contribution in [2.24, 2.45) is 7.05 Å². The van der Waals surface area contributed by atoms with Crippen molar-refractivity contribution in [1.29, 1.82) is 0 Å². The molecule has 10 heteroatoms. The van der Waals surface area contributed by atoms with Crippen LogP contribution in [-0.4, -0.2) is 45.9 Å². The molecule has 9 nitrogen and oxygen atoms in total. The van der Waals surface area contributed by atoms with E-state index in [0.717, 1.165) is 31.6 Å². The van der Waals surface area contributed by atoms with E-state index < -0.39 is 5.82 Å². The smallest absolute Gasteiger partial charge is 0.273 e. The van der Waals surface area contributed by atoms with Crippen molar-refractivity contribution in [3.8, 4) is 0 Å². The summed E-state index contributed by atoms with van der Waals surface area (Å²) in [5.41, 5.74) is 3.74. The van der Waals surface area contributed by atoms with Crippen molar-refractivity contribution in [3.63, 3.8) is 0 Å². The Morgan fingerprint density at radius 3 is 2.15 bits per heavy atom. The third-order valence-electron chi connectivity index (χ3n) is 6.66. The first-order valence-corrected chi connectivity index (χ1v) is 12.7. The summed E-state index contributed by atoms with van der Waals surface area (Å²) in [5.74, 6) is -1.14. The summed E-state index contributed by atoms with van der Waals surface area (Å²) in [7, 11) is 1.65. The van der Waals surface area contributed by atoms with Gasteiger partial charge in [-0.2, -0.15) is 5.10 Å². The number of aryl methyl sites for hydroxylation is 1. The highest BCUT2D eigenvalue weighted by Gasteiger charge is 2.17. The van der Waals surface area contributed by atoms with Crippen molar-refractivity contribution in [2.75, 3.05) is 33.9 Å². The summed E-state index contributed by atoms with van der Waals surface area (Å²) in [6.07, 6.45) is 2.77. The Balaban J connectivity index is 1.16. The fraction of sp³-hybridized carbons (Fsp3) is 0.207. The van der Waals surface area contributed by atoms with Gasteiger partial charge in [-0.05, 0) is 85.6 Å². The Bertz CT molecular complexity index is 1460. The van der Waals surface area contributed by atoms with Gasteiger partial charge in [0.25, 0.3) is 11.8 Å². The van der Waals surface area contributed by atoms with E-state index in [2.05, 4.69) is 25.9 Å². The summed E-state index contributed by atoms with van der Waals surface area (Å²) < 4.78 is 16.1. The van der Waals surface area contributed by atoms with E-state index in [-0.39, 0.29) is 23.6 Å². The Hall–Kier alpha value is -4.70. The topological polar surface area (TPSA) is 112 Å². The number of nitrogens with zero attached hydrogens (tertiary/aromatic N) is 3. The minimum atomic E-state index is -0.528. The molecule has 0 unspecified atom stereocenters. The quantitative estimate of drug-likeness (QED) is 0.275. The zero-order valence-corrected chi connectivity index (χ0v) is 21.4. The lowest BCUT2D eigenvalue weighted by Gasteiger charge is -2.31. The second kappa shape index (κ2) is 11.4. The number of halogens is 1. The molecule has 4 aromatic rings. The number of carbonyl (C=O) groups excluding carboxylic acids is 2. The molecule has 1 aliphatic rings. The lowest BCUT2D eigenvalue weighted by molar-refractivity contribution is 0.101. The van der Waals surface area contributed by atoms with E-state index in [4.69, 9.17) is 0 Å². The van der Waals surface area contributed by atoms with E-state index in [0.29, 0.717) is 28.3 Å². The van der Waals surface area contributed by atoms with Crippen LogP contribution in [0, 0.1) is 5.82 Å². The number of benzene rings is 3.